The van der Waals surface area contributed by atoms with Gasteiger partial charge in [0.05, 0.1) is 5.52 Å². The monoisotopic (exact) mass is 236 g/mol. The molecule has 1 amide bonds. The molecule has 0 unspecified atom stereocenters. The summed E-state index contributed by atoms with van der Waals surface area (Å²) in [7, 11) is 0. The molecule has 88 valence electrons. The first-order chi connectivity index (χ1) is 8.77. The van der Waals surface area contributed by atoms with E-state index >= 15 is 0 Å². The number of aromatic nitrogens is 1. The van der Waals surface area contributed by atoms with Crippen LogP contribution in [0.5, 0.6) is 0 Å². The second kappa shape index (κ2) is 4.04. The largest absolute Gasteiger partial charge is 0.366 e. The zero-order valence-electron chi connectivity index (χ0n) is 9.68. The minimum absolute atomic E-state index is 0.408. The molecule has 0 fully saturated rings. The van der Waals surface area contributed by atoms with Crippen molar-refractivity contribution >= 4 is 16.8 Å². The molecule has 0 spiro atoms. The van der Waals surface area contributed by atoms with Crippen LogP contribution < -0.4 is 5.73 Å². The van der Waals surface area contributed by atoms with Crippen LogP contribution in [0.2, 0.25) is 0 Å². The van der Waals surface area contributed by atoms with Crippen LogP contribution in [0.3, 0.4) is 0 Å². The number of rotatable bonds is 2. The highest BCUT2D eigenvalue weighted by molar-refractivity contribution is 6.04. The van der Waals surface area contributed by atoms with Crippen molar-refractivity contribution < 1.29 is 4.79 Å². The average Bonchev–Trinajstić information content (AvgIpc) is 2.86. The molecule has 2 aromatic carbocycles. The quantitative estimate of drug-likeness (QED) is 0.706. The third kappa shape index (κ3) is 1.57. The molecule has 0 aliphatic heterocycles. The Balaban J connectivity index is 2.33. The fourth-order valence-electron chi connectivity index (χ4n) is 2.24. The molecular formula is C15H12N2O. The van der Waals surface area contributed by atoms with Crippen molar-refractivity contribution in [3.05, 3.63) is 60.3 Å². The zero-order chi connectivity index (χ0) is 12.5. The third-order valence-corrected chi connectivity index (χ3v) is 3.07. The lowest BCUT2D eigenvalue weighted by Gasteiger charge is -2.08. The van der Waals surface area contributed by atoms with Crippen molar-refractivity contribution in [2.45, 2.75) is 0 Å². The standard InChI is InChI=1S/C15H12N2O/c16-15(18)13-6-2-1-5-11(13)12-7-3-4-10-8-9-17-14(10)12/h1-9,17H,(H2,16,18). The van der Waals surface area contributed by atoms with E-state index < -0.39 is 5.91 Å². The van der Waals surface area contributed by atoms with Crippen molar-refractivity contribution in [3.8, 4) is 11.1 Å². The van der Waals surface area contributed by atoms with E-state index in [1.165, 1.54) is 0 Å². The maximum atomic E-state index is 11.5. The van der Waals surface area contributed by atoms with Gasteiger partial charge >= 0.3 is 0 Å². The molecule has 3 aromatic rings. The van der Waals surface area contributed by atoms with Crippen LogP contribution in [0, 0.1) is 0 Å². The van der Waals surface area contributed by atoms with Gasteiger partial charge in [-0.25, -0.2) is 0 Å². The maximum absolute atomic E-state index is 11.5. The first-order valence-electron chi connectivity index (χ1n) is 5.72. The van der Waals surface area contributed by atoms with Gasteiger partial charge in [0.2, 0.25) is 5.91 Å². The molecule has 0 saturated heterocycles. The molecule has 3 nitrogen and oxygen atoms in total. The van der Waals surface area contributed by atoms with Gasteiger partial charge in [-0.2, -0.15) is 0 Å². The van der Waals surface area contributed by atoms with Crippen LogP contribution in [0.1, 0.15) is 10.4 Å². The first kappa shape index (κ1) is 10.6. The van der Waals surface area contributed by atoms with Crippen LogP contribution >= 0.6 is 0 Å². The highest BCUT2D eigenvalue weighted by atomic mass is 16.1. The summed E-state index contributed by atoms with van der Waals surface area (Å²) in [5.74, 6) is -0.408. The lowest BCUT2D eigenvalue weighted by Crippen LogP contribution is -2.12. The number of aromatic amines is 1. The number of amides is 1. The normalized spacial score (nSPS) is 10.7. The third-order valence-electron chi connectivity index (χ3n) is 3.07. The molecule has 0 aliphatic carbocycles. The molecule has 0 aliphatic rings. The van der Waals surface area contributed by atoms with E-state index in [9.17, 15) is 4.79 Å². The summed E-state index contributed by atoms with van der Waals surface area (Å²) >= 11 is 0. The highest BCUT2D eigenvalue weighted by Gasteiger charge is 2.11. The zero-order valence-corrected chi connectivity index (χ0v) is 9.68. The summed E-state index contributed by atoms with van der Waals surface area (Å²) < 4.78 is 0. The number of benzene rings is 2. The van der Waals surface area contributed by atoms with Crippen LogP contribution in [0.15, 0.2) is 54.7 Å². The van der Waals surface area contributed by atoms with Gasteiger partial charge in [-0.3, -0.25) is 4.79 Å². The van der Waals surface area contributed by atoms with Gasteiger partial charge in [0, 0.05) is 17.3 Å². The molecule has 3 heteroatoms. The number of H-pyrrole nitrogens is 1. The van der Waals surface area contributed by atoms with E-state index in [2.05, 4.69) is 4.98 Å². The lowest BCUT2D eigenvalue weighted by molar-refractivity contribution is 0.100. The van der Waals surface area contributed by atoms with Crippen molar-refractivity contribution in [3.63, 3.8) is 0 Å². The summed E-state index contributed by atoms with van der Waals surface area (Å²) in [4.78, 5) is 14.7. The van der Waals surface area contributed by atoms with E-state index in [0.29, 0.717) is 5.56 Å². The number of hydrogen-bond donors (Lipinski definition) is 2. The number of para-hydroxylation sites is 1. The molecule has 0 saturated carbocycles. The number of fused-ring (bicyclic) bond motifs is 1. The van der Waals surface area contributed by atoms with Crippen LogP contribution in [-0.4, -0.2) is 10.9 Å². The maximum Gasteiger partial charge on any atom is 0.249 e. The molecule has 1 heterocycles. The lowest BCUT2D eigenvalue weighted by atomic mass is 9.97. The predicted octanol–water partition coefficient (Wildman–Crippen LogP) is 2.93. The first-order valence-corrected chi connectivity index (χ1v) is 5.72. The molecule has 0 radical (unpaired) electrons. The minimum Gasteiger partial charge on any atom is -0.366 e. The Labute approximate surface area is 104 Å². The van der Waals surface area contributed by atoms with Crippen LogP contribution in [-0.2, 0) is 0 Å². The van der Waals surface area contributed by atoms with Gasteiger partial charge in [0.15, 0.2) is 0 Å². The van der Waals surface area contributed by atoms with Gasteiger partial charge in [0.25, 0.3) is 0 Å². The van der Waals surface area contributed by atoms with Gasteiger partial charge in [-0.15, -0.1) is 0 Å². The molecule has 3 rings (SSSR count). The number of carbonyl (C=O) groups is 1. The fourth-order valence-corrected chi connectivity index (χ4v) is 2.24. The van der Waals surface area contributed by atoms with Crippen molar-refractivity contribution in [2.24, 2.45) is 5.73 Å². The van der Waals surface area contributed by atoms with E-state index in [-0.39, 0.29) is 0 Å². The Hall–Kier alpha value is -2.55. The summed E-state index contributed by atoms with van der Waals surface area (Å²) in [5, 5.41) is 1.12. The van der Waals surface area contributed by atoms with Gasteiger partial charge in [-0.05, 0) is 23.1 Å². The topological polar surface area (TPSA) is 58.9 Å². The molecule has 1 aromatic heterocycles. The van der Waals surface area contributed by atoms with Crippen molar-refractivity contribution in [1.82, 2.24) is 4.98 Å². The predicted molar refractivity (Wildman–Crippen MR) is 72.3 cm³/mol. The molecular weight excluding hydrogens is 224 g/mol. The van der Waals surface area contributed by atoms with E-state index in [1.807, 2.05) is 48.7 Å². The SMILES string of the molecule is NC(=O)c1ccccc1-c1cccc2cc[nH]c12. The number of nitrogens with one attached hydrogen (secondary N) is 1. The van der Waals surface area contributed by atoms with Crippen molar-refractivity contribution in [1.29, 1.82) is 0 Å². The van der Waals surface area contributed by atoms with Gasteiger partial charge < -0.3 is 10.7 Å². The average molecular weight is 236 g/mol. The number of hydrogen-bond acceptors (Lipinski definition) is 1. The van der Waals surface area contributed by atoms with Crippen LogP contribution in [0.25, 0.3) is 22.0 Å². The Morgan fingerprint density at radius 3 is 2.56 bits per heavy atom. The molecule has 18 heavy (non-hydrogen) atoms. The summed E-state index contributed by atoms with van der Waals surface area (Å²) in [5.41, 5.74) is 8.83. The van der Waals surface area contributed by atoms with E-state index in [0.717, 1.165) is 22.0 Å². The summed E-state index contributed by atoms with van der Waals surface area (Å²) in [6.07, 6.45) is 1.89. The number of nitrogens with two attached hydrogens (primary N) is 1. The minimum atomic E-state index is -0.408. The molecule has 0 atom stereocenters. The Morgan fingerprint density at radius 2 is 1.72 bits per heavy atom. The molecule has 3 N–H and O–H groups in total. The second-order valence-electron chi connectivity index (χ2n) is 4.16. The van der Waals surface area contributed by atoms with Crippen molar-refractivity contribution in [2.75, 3.05) is 0 Å². The Bertz CT molecular complexity index is 728. The fraction of sp³-hybridized carbons (Fsp3) is 0. The van der Waals surface area contributed by atoms with Gasteiger partial charge in [0.1, 0.15) is 0 Å². The van der Waals surface area contributed by atoms with E-state index in [4.69, 9.17) is 5.73 Å². The Morgan fingerprint density at radius 1 is 0.944 bits per heavy atom. The number of primary amides is 1. The van der Waals surface area contributed by atoms with Gasteiger partial charge in [-0.1, -0.05) is 36.4 Å². The second-order valence-corrected chi connectivity index (χ2v) is 4.16. The highest BCUT2D eigenvalue weighted by Crippen LogP contribution is 2.29. The smallest absolute Gasteiger partial charge is 0.249 e. The summed E-state index contributed by atoms with van der Waals surface area (Å²) in [6.45, 7) is 0. The van der Waals surface area contributed by atoms with Crippen LogP contribution in [0.4, 0.5) is 0 Å². The Kier molecular flexibility index (Phi) is 2.38. The summed E-state index contributed by atoms with van der Waals surface area (Å²) in [6, 6.07) is 15.4. The molecule has 0 bridgehead atoms. The number of carbonyl (C=O) groups excluding carboxylic acids is 1. The van der Waals surface area contributed by atoms with E-state index in [1.54, 1.807) is 6.07 Å².